The topological polar surface area (TPSA) is 137 Å². The first kappa shape index (κ1) is 28.2. The van der Waals surface area contributed by atoms with Crippen LogP contribution in [0, 0.1) is 17.0 Å². The van der Waals surface area contributed by atoms with Crippen LogP contribution in [0.5, 0.6) is 17.2 Å². The highest BCUT2D eigenvalue weighted by molar-refractivity contribution is 7.87. The summed E-state index contributed by atoms with van der Waals surface area (Å²) in [6.07, 6.45) is 2.89. The number of rotatable bonds is 9. The SMILES string of the molecule is COc1cc(OS(=O)(=O)C2CCCC2)ccc1-c1ccc2c(c1COc1cc([N+](=O)[O-])ccc1C)N(C)C(=O)CN2. The van der Waals surface area contributed by atoms with Crippen molar-refractivity contribution in [1.82, 2.24) is 0 Å². The monoisotopic (exact) mass is 581 g/mol. The molecule has 1 N–H and O–H groups in total. The van der Waals surface area contributed by atoms with Gasteiger partial charge in [-0.1, -0.05) is 18.9 Å². The van der Waals surface area contributed by atoms with Crippen LogP contribution in [0.1, 0.15) is 36.8 Å². The van der Waals surface area contributed by atoms with Crippen LogP contribution in [-0.2, 0) is 21.5 Å². The van der Waals surface area contributed by atoms with Gasteiger partial charge in [-0.2, -0.15) is 8.42 Å². The molecule has 0 bridgehead atoms. The highest BCUT2D eigenvalue weighted by atomic mass is 32.2. The van der Waals surface area contributed by atoms with Crippen LogP contribution in [0.3, 0.4) is 0 Å². The van der Waals surface area contributed by atoms with Crippen molar-refractivity contribution in [2.45, 2.75) is 44.5 Å². The molecule has 0 saturated heterocycles. The number of aryl methyl sites for hydroxylation is 1. The number of nitrogens with zero attached hydrogens (tertiary/aromatic N) is 2. The number of anilines is 2. The number of nitro benzene ring substituents is 1. The number of benzene rings is 3. The lowest BCUT2D eigenvalue weighted by Gasteiger charge is -2.31. The van der Waals surface area contributed by atoms with Crippen molar-refractivity contribution in [2.75, 3.05) is 30.9 Å². The molecular formula is C29H31N3O8S. The van der Waals surface area contributed by atoms with E-state index in [1.165, 1.54) is 25.3 Å². The summed E-state index contributed by atoms with van der Waals surface area (Å²) in [4.78, 5) is 25.1. The van der Waals surface area contributed by atoms with Gasteiger partial charge in [0.25, 0.3) is 5.69 Å². The van der Waals surface area contributed by atoms with Gasteiger partial charge in [0.05, 0.1) is 41.3 Å². The lowest BCUT2D eigenvalue weighted by Crippen LogP contribution is -2.37. The van der Waals surface area contributed by atoms with Crippen molar-refractivity contribution >= 4 is 33.1 Å². The molecule has 12 heteroatoms. The van der Waals surface area contributed by atoms with Crippen molar-refractivity contribution in [3.8, 4) is 28.4 Å². The van der Waals surface area contributed by atoms with Crippen LogP contribution >= 0.6 is 0 Å². The minimum Gasteiger partial charge on any atom is -0.496 e. The molecule has 0 spiro atoms. The third-order valence-corrected chi connectivity index (χ3v) is 9.28. The number of nitro groups is 1. The van der Waals surface area contributed by atoms with E-state index in [0.29, 0.717) is 52.3 Å². The second-order valence-corrected chi connectivity index (χ2v) is 12.0. The first-order valence-corrected chi connectivity index (χ1v) is 14.7. The van der Waals surface area contributed by atoms with E-state index in [2.05, 4.69) is 5.32 Å². The normalized spacial score (nSPS) is 15.3. The summed E-state index contributed by atoms with van der Waals surface area (Å²) in [5.74, 6) is 0.715. The largest absolute Gasteiger partial charge is 0.496 e. The molecule has 0 radical (unpaired) electrons. The Hall–Kier alpha value is -4.32. The summed E-state index contributed by atoms with van der Waals surface area (Å²) in [5.41, 5.74) is 3.90. The molecule has 0 atom stereocenters. The lowest BCUT2D eigenvalue weighted by atomic mass is 9.95. The molecule has 1 amide bonds. The zero-order valence-corrected chi connectivity index (χ0v) is 23.8. The van der Waals surface area contributed by atoms with Gasteiger partial charge in [0.1, 0.15) is 23.9 Å². The van der Waals surface area contributed by atoms with Crippen LogP contribution in [0.4, 0.5) is 17.1 Å². The summed E-state index contributed by atoms with van der Waals surface area (Å²) >= 11 is 0. The minimum atomic E-state index is -3.78. The predicted molar refractivity (Wildman–Crippen MR) is 154 cm³/mol. The quantitative estimate of drug-likeness (QED) is 0.205. The van der Waals surface area contributed by atoms with Crippen LogP contribution < -0.4 is 23.9 Å². The second kappa shape index (κ2) is 11.3. The highest BCUT2D eigenvalue weighted by Gasteiger charge is 2.31. The van der Waals surface area contributed by atoms with Gasteiger partial charge in [0.2, 0.25) is 5.91 Å². The molecule has 2 aliphatic rings. The Morgan fingerprint density at radius 1 is 1.05 bits per heavy atom. The molecule has 0 unspecified atom stereocenters. The number of non-ortho nitro benzene ring substituents is 1. The van der Waals surface area contributed by atoms with Gasteiger partial charge in [-0.3, -0.25) is 14.9 Å². The molecule has 1 aliphatic heterocycles. The molecule has 41 heavy (non-hydrogen) atoms. The van der Waals surface area contributed by atoms with Gasteiger partial charge < -0.3 is 23.9 Å². The third kappa shape index (κ3) is 5.64. The average Bonchev–Trinajstić information content (AvgIpc) is 3.50. The number of methoxy groups -OCH3 is 1. The van der Waals surface area contributed by atoms with E-state index in [9.17, 15) is 23.3 Å². The Labute approximate surface area is 238 Å². The average molecular weight is 582 g/mol. The van der Waals surface area contributed by atoms with Gasteiger partial charge in [-0.05, 0) is 55.2 Å². The Morgan fingerprint density at radius 2 is 1.78 bits per heavy atom. The van der Waals surface area contributed by atoms with Crippen molar-refractivity contribution in [1.29, 1.82) is 0 Å². The van der Waals surface area contributed by atoms with Crippen molar-refractivity contribution in [3.05, 3.63) is 69.8 Å². The van der Waals surface area contributed by atoms with Crippen LogP contribution in [0.25, 0.3) is 11.1 Å². The van der Waals surface area contributed by atoms with E-state index in [0.717, 1.165) is 18.5 Å². The maximum Gasteiger partial charge on any atom is 0.312 e. The van der Waals surface area contributed by atoms with Gasteiger partial charge >= 0.3 is 10.1 Å². The highest BCUT2D eigenvalue weighted by Crippen LogP contribution is 2.43. The summed E-state index contributed by atoms with van der Waals surface area (Å²) in [5, 5.41) is 14.0. The molecule has 11 nitrogen and oxygen atoms in total. The Bertz CT molecular complexity index is 1620. The van der Waals surface area contributed by atoms with Gasteiger partial charge in [0, 0.05) is 30.3 Å². The van der Waals surface area contributed by atoms with Crippen molar-refractivity contribution in [3.63, 3.8) is 0 Å². The minimum absolute atomic E-state index is 0.0166. The maximum atomic E-state index is 12.8. The predicted octanol–water partition coefficient (Wildman–Crippen LogP) is 5.20. The van der Waals surface area contributed by atoms with Crippen LogP contribution in [-0.4, -0.2) is 45.2 Å². The number of nitrogens with one attached hydrogen (secondary N) is 1. The molecule has 5 rings (SSSR count). The van der Waals surface area contributed by atoms with Crippen LogP contribution in [0.15, 0.2) is 48.5 Å². The smallest absolute Gasteiger partial charge is 0.312 e. The molecule has 1 heterocycles. The Balaban J connectivity index is 1.56. The number of hydrogen-bond acceptors (Lipinski definition) is 9. The summed E-state index contributed by atoms with van der Waals surface area (Å²) < 4.78 is 42.8. The molecule has 1 aliphatic carbocycles. The first-order valence-electron chi connectivity index (χ1n) is 13.2. The number of carbonyl (C=O) groups excluding carboxylic acids is 1. The number of amides is 1. The number of fused-ring (bicyclic) bond motifs is 1. The zero-order valence-electron chi connectivity index (χ0n) is 23.0. The maximum absolute atomic E-state index is 12.8. The molecule has 1 fully saturated rings. The lowest BCUT2D eigenvalue weighted by molar-refractivity contribution is -0.385. The molecule has 0 aromatic heterocycles. The fourth-order valence-electron chi connectivity index (χ4n) is 5.31. The van der Waals surface area contributed by atoms with E-state index in [1.54, 1.807) is 37.1 Å². The van der Waals surface area contributed by atoms with Crippen LogP contribution in [0.2, 0.25) is 0 Å². The number of ether oxygens (including phenoxy) is 2. The van der Waals surface area contributed by atoms with Gasteiger partial charge in [-0.15, -0.1) is 0 Å². The fraction of sp³-hybridized carbons (Fsp3) is 0.345. The third-order valence-electron chi connectivity index (χ3n) is 7.56. The van der Waals surface area contributed by atoms with E-state index >= 15 is 0 Å². The number of hydrogen-bond donors (Lipinski definition) is 1. The molecule has 1 saturated carbocycles. The molecule has 216 valence electrons. The Morgan fingerprint density at radius 3 is 2.49 bits per heavy atom. The molecule has 3 aromatic rings. The fourth-order valence-corrected chi connectivity index (χ4v) is 6.73. The number of likely N-dealkylation sites (N-methyl/N-ethyl adjacent to an activating group) is 1. The molecular weight excluding hydrogens is 550 g/mol. The summed E-state index contributed by atoms with van der Waals surface area (Å²) in [6.45, 7) is 1.91. The van der Waals surface area contributed by atoms with E-state index in [-0.39, 0.29) is 30.5 Å². The molecule has 3 aromatic carbocycles. The summed E-state index contributed by atoms with van der Waals surface area (Å²) in [7, 11) is -0.623. The van der Waals surface area contributed by atoms with Crippen molar-refractivity contribution in [2.24, 2.45) is 0 Å². The zero-order chi connectivity index (χ0) is 29.3. The standard InChI is InChI=1S/C29H31N3O8S/c1-18-8-9-19(32(34)35)14-26(18)39-17-24-22(12-13-25-29(24)31(2)28(33)16-30-25)23-11-10-20(15-27(23)38-3)40-41(36,37)21-6-4-5-7-21/h8-15,21,30H,4-7,16-17H2,1-3H3. The summed E-state index contributed by atoms with van der Waals surface area (Å²) in [6, 6.07) is 12.9. The van der Waals surface area contributed by atoms with Gasteiger partial charge in [-0.25, -0.2) is 0 Å². The van der Waals surface area contributed by atoms with Crippen molar-refractivity contribution < 1.29 is 31.8 Å². The number of carbonyl (C=O) groups is 1. The van der Waals surface area contributed by atoms with E-state index < -0.39 is 20.3 Å². The first-order chi connectivity index (χ1) is 19.6. The van der Waals surface area contributed by atoms with Gasteiger partial charge in [0.15, 0.2) is 0 Å². The van der Waals surface area contributed by atoms with E-state index in [1.807, 2.05) is 12.1 Å². The second-order valence-electron chi connectivity index (χ2n) is 10.1. The Kier molecular flexibility index (Phi) is 7.76. The van der Waals surface area contributed by atoms with E-state index in [4.69, 9.17) is 13.7 Å².